The lowest BCUT2D eigenvalue weighted by Gasteiger charge is -2.25. The van der Waals surface area contributed by atoms with Crippen LogP contribution in [0.4, 0.5) is 0 Å². The van der Waals surface area contributed by atoms with E-state index >= 15 is 0 Å². The molecular formula is C27H34N4O7. The van der Waals surface area contributed by atoms with Gasteiger partial charge in [0.2, 0.25) is 17.7 Å². The first kappa shape index (κ1) is 30.0. The van der Waals surface area contributed by atoms with Gasteiger partial charge in [0.1, 0.15) is 18.1 Å². The van der Waals surface area contributed by atoms with E-state index < -0.39 is 60.2 Å². The highest BCUT2D eigenvalue weighted by Crippen LogP contribution is 2.08. The molecule has 0 spiro atoms. The number of rotatable bonds is 14. The first-order valence-corrected chi connectivity index (χ1v) is 12.2. The summed E-state index contributed by atoms with van der Waals surface area (Å²) in [7, 11) is 0. The third-order valence-corrected chi connectivity index (χ3v) is 5.85. The van der Waals surface area contributed by atoms with Crippen molar-refractivity contribution in [3.05, 3.63) is 71.8 Å². The number of nitrogens with one attached hydrogen (secondary N) is 3. The fourth-order valence-corrected chi connectivity index (χ4v) is 3.61. The van der Waals surface area contributed by atoms with E-state index in [-0.39, 0.29) is 18.8 Å². The Morgan fingerprint density at radius 1 is 0.684 bits per heavy atom. The number of aliphatic carboxylic acids is 2. The van der Waals surface area contributed by atoms with E-state index in [1.54, 1.807) is 74.5 Å². The molecule has 4 atom stereocenters. The lowest BCUT2D eigenvalue weighted by atomic mass is 10.0. The Hall–Kier alpha value is -4.25. The van der Waals surface area contributed by atoms with Crippen LogP contribution in [-0.2, 0) is 36.8 Å². The number of carbonyl (C=O) groups is 5. The Kier molecular flexibility index (Phi) is 11.4. The summed E-state index contributed by atoms with van der Waals surface area (Å²) in [6.45, 7) is 3.50. The molecule has 0 saturated carbocycles. The number of carboxylic acids is 2. The zero-order valence-electron chi connectivity index (χ0n) is 21.3. The minimum atomic E-state index is -1.59. The Bertz CT molecular complexity index is 1110. The van der Waals surface area contributed by atoms with Gasteiger partial charge in [-0.25, -0.2) is 4.79 Å². The standard InChI is InChI=1S/C27H34N4O7/c1-16(2)23(28)26(36)30-19(13-17-9-5-3-6-10-17)24(34)29-20(15-22(32)33)25(35)31-21(27(37)38)14-18-11-7-4-8-12-18/h3-12,16,19-21,23H,13-15,28H2,1-2H3,(H,29,34)(H,30,36)(H,31,35)(H,32,33)(H,37,38). The molecule has 0 aliphatic heterocycles. The minimum Gasteiger partial charge on any atom is -0.481 e. The normalized spacial score (nSPS) is 14.0. The average Bonchev–Trinajstić information content (AvgIpc) is 2.87. The number of hydrogen-bond donors (Lipinski definition) is 6. The van der Waals surface area contributed by atoms with Gasteiger partial charge in [-0.15, -0.1) is 0 Å². The van der Waals surface area contributed by atoms with Crippen LogP contribution in [0, 0.1) is 5.92 Å². The number of benzene rings is 2. The van der Waals surface area contributed by atoms with Crippen molar-refractivity contribution < 1.29 is 34.2 Å². The lowest BCUT2D eigenvalue weighted by molar-refractivity contribution is -0.143. The third kappa shape index (κ3) is 9.66. The molecule has 204 valence electrons. The van der Waals surface area contributed by atoms with Crippen LogP contribution in [0.3, 0.4) is 0 Å². The molecule has 11 nitrogen and oxygen atoms in total. The van der Waals surface area contributed by atoms with Crippen LogP contribution in [0.15, 0.2) is 60.7 Å². The molecule has 2 aromatic rings. The zero-order valence-corrected chi connectivity index (χ0v) is 21.3. The quantitative estimate of drug-likeness (QED) is 0.205. The van der Waals surface area contributed by atoms with Crippen molar-refractivity contribution in [1.29, 1.82) is 0 Å². The Labute approximate surface area is 220 Å². The molecule has 0 heterocycles. The summed E-state index contributed by atoms with van der Waals surface area (Å²) in [6, 6.07) is 12.4. The van der Waals surface area contributed by atoms with Crippen molar-refractivity contribution >= 4 is 29.7 Å². The predicted molar refractivity (Wildman–Crippen MR) is 139 cm³/mol. The molecular weight excluding hydrogens is 492 g/mol. The predicted octanol–water partition coefficient (Wildman–Crippen LogP) is 0.469. The van der Waals surface area contributed by atoms with Crippen LogP contribution in [0.5, 0.6) is 0 Å². The Morgan fingerprint density at radius 3 is 1.55 bits per heavy atom. The monoisotopic (exact) mass is 526 g/mol. The van der Waals surface area contributed by atoms with Crippen LogP contribution >= 0.6 is 0 Å². The summed E-state index contributed by atoms with van der Waals surface area (Å²) in [6.07, 6.45) is -0.793. The van der Waals surface area contributed by atoms with Gasteiger partial charge in [0, 0.05) is 12.8 Å². The summed E-state index contributed by atoms with van der Waals surface area (Å²) in [4.78, 5) is 62.1. The van der Waals surface area contributed by atoms with Crippen LogP contribution in [-0.4, -0.2) is 64.0 Å². The number of carbonyl (C=O) groups excluding carboxylic acids is 3. The molecule has 7 N–H and O–H groups in total. The maximum atomic E-state index is 13.2. The van der Waals surface area contributed by atoms with Gasteiger partial charge in [-0.3, -0.25) is 19.2 Å². The molecule has 2 rings (SSSR count). The van der Waals surface area contributed by atoms with Gasteiger partial charge in [-0.2, -0.15) is 0 Å². The van der Waals surface area contributed by atoms with E-state index in [0.717, 1.165) is 0 Å². The summed E-state index contributed by atoms with van der Waals surface area (Å²) in [5.74, 6) is -5.28. The second-order valence-corrected chi connectivity index (χ2v) is 9.27. The topological polar surface area (TPSA) is 188 Å². The van der Waals surface area contributed by atoms with E-state index in [1.807, 2.05) is 0 Å². The van der Waals surface area contributed by atoms with Gasteiger partial charge in [0.25, 0.3) is 0 Å². The van der Waals surface area contributed by atoms with E-state index in [1.165, 1.54) is 0 Å². The first-order valence-electron chi connectivity index (χ1n) is 12.2. The first-order chi connectivity index (χ1) is 18.0. The number of carboxylic acid groups (broad SMARTS) is 2. The highest BCUT2D eigenvalue weighted by molar-refractivity contribution is 5.95. The minimum absolute atomic E-state index is 0.0462. The van der Waals surface area contributed by atoms with Gasteiger partial charge in [0.05, 0.1) is 12.5 Å². The molecule has 0 aromatic heterocycles. The molecule has 0 aliphatic carbocycles. The third-order valence-electron chi connectivity index (χ3n) is 5.85. The van der Waals surface area contributed by atoms with Crippen molar-refractivity contribution in [3.63, 3.8) is 0 Å². The van der Waals surface area contributed by atoms with Crippen LogP contribution in [0.1, 0.15) is 31.4 Å². The van der Waals surface area contributed by atoms with Crippen molar-refractivity contribution in [2.24, 2.45) is 11.7 Å². The highest BCUT2D eigenvalue weighted by atomic mass is 16.4. The van der Waals surface area contributed by atoms with Gasteiger partial charge in [-0.1, -0.05) is 74.5 Å². The molecule has 2 aromatic carbocycles. The van der Waals surface area contributed by atoms with E-state index in [2.05, 4.69) is 16.0 Å². The second kappa shape index (κ2) is 14.5. The number of hydrogen-bond acceptors (Lipinski definition) is 6. The summed E-state index contributed by atoms with van der Waals surface area (Å²) in [5.41, 5.74) is 7.27. The molecule has 0 saturated heterocycles. The molecule has 0 fully saturated rings. The largest absolute Gasteiger partial charge is 0.481 e. The summed E-state index contributed by atoms with van der Waals surface area (Å²) < 4.78 is 0. The molecule has 38 heavy (non-hydrogen) atoms. The SMILES string of the molecule is CC(C)C(N)C(=O)NC(Cc1ccccc1)C(=O)NC(CC(=O)O)C(=O)NC(Cc1ccccc1)C(=O)O. The fraction of sp³-hybridized carbons (Fsp3) is 0.370. The van der Waals surface area contributed by atoms with E-state index in [4.69, 9.17) is 5.73 Å². The van der Waals surface area contributed by atoms with Crippen molar-refractivity contribution in [1.82, 2.24) is 16.0 Å². The average molecular weight is 527 g/mol. The number of nitrogens with two attached hydrogens (primary N) is 1. The van der Waals surface area contributed by atoms with Crippen LogP contribution in [0.25, 0.3) is 0 Å². The summed E-state index contributed by atoms with van der Waals surface area (Å²) in [5, 5.41) is 26.2. The molecule has 0 bridgehead atoms. The van der Waals surface area contributed by atoms with Crippen molar-refractivity contribution in [2.75, 3.05) is 0 Å². The molecule has 3 amide bonds. The van der Waals surface area contributed by atoms with Gasteiger partial charge < -0.3 is 31.9 Å². The Morgan fingerprint density at radius 2 is 1.11 bits per heavy atom. The summed E-state index contributed by atoms with van der Waals surface area (Å²) >= 11 is 0. The zero-order chi connectivity index (χ0) is 28.2. The Balaban J connectivity index is 2.22. The highest BCUT2D eigenvalue weighted by Gasteiger charge is 2.32. The van der Waals surface area contributed by atoms with Gasteiger partial charge in [-0.05, 0) is 17.0 Å². The van der Waals surface area contributed by atoms with E-state index in [9.17, 15) is 34.2 Å². The van der Waals surface area contributed by atoms with Gasteiger partial charge >= 0.3 is 11.9 Å². The van der Waals surface area contributed by atoms with Crippen molar-refractivity contribution in [2.45, 2.75) is 57.3 Å². The van der Waals surface area contributed by atoms with Gasteiger partial charge in [0.15, 0.2) is 0 Å². The van der Waals surface area contributed by atoms with E-state index in [0.29, 0.717) is 11.1 Å². The fourth-order valence-electron chi connectivity index (χ4n) is 3.61. The van der Waals surface area contributed by atoms with Crippen LogP contribution < -0.4 is 21.7 Å². The lowest BCUT2D eigenvalue weighted by Crippen LogP contribution is -2.58. The maximum absolute atomic E-state index is 13.2. The molecule has 11 heteroatoms. The second-order valence-electron chi connectivity index (χ2n) is 9.27. The van der Waals surface area contributed by atoms with Crippen molar-refractivity contribution in [3.8, 4) is 0 Å². The maximum Gasteiger partial charge on any atom is 0.326 e. The van der Waals surface area contributed by atoms with Crippen LogP contribution in [0.2, 0.25) is 0 Å². The molecule has 0 radical (unpaired) electrons. The number of amides is 3. The smallest absolute Gasteiger partial charge is 0.326 e. The molecule has 4 unspecified atom stereocenters. The molecule has 0 aliphatic rings.